The lowest BCUT2D eigenvalue weighted by atomic mass is 9.97. The van der Waals surface area contributed by atoms with Gasteiger partial charge >= 0.3 is 0 Å². The summed E-state index contributed by atoms with van der Waals surface area (Å²) in [5, 5.41) is 6.61. The van der Waals surface area contributed by atoms with Crippen LogP contribution in [0.4, 0.5) is 5.13 Å². The Morgan fingerprint density at radius 3 is 2.90 bits per heavy atom. The number of unbranched alkanes of at least 4 members (excludes halogenated alkanes) is 1. The predicted octanol–water partition coefficient (Wildman–Crippen LogP) is 1.26. The van der Waals surface area contributed by atoms with Gasteiger partial charge in [0, 0.05) is 25.7 Å². The van der Waals surface area contributed by atoms with Gasteiger partial charge in [0.05, 0.1) is 5.92 Å². The van der Waals surface area contributed by atoms with Crippen LogP contribution in [0.2, 0.25) is 0 Å². The molecule has 2 amide bonds. The minimum Gasteiger partial charge on any atom is -0.355 e. The summed E-state index contributed by atoms with van der Waals surface area (Å²) in [5.74, 6) is -0.127. The smallest absolute Gasteiger partial charge is 0.273 e. The second kappa shape index (κ2) is 9.11. The molecule has 1 saturated carbocycles. The first-order valence-corrected chi connectivity index (χ1v) is 11.5. The van der Waals surface area contributed by atoms with Gasteiger partial charge in [0.25, 0.3) is 5.56 Å². The number of nitrogens with one attached hydrogen (secondary N) is 2. The fourth-order valence-corrected chi connectivity index (χ4v) is 4.61. The average Bonchev–Trinajstić information content (AvgIpc) is 3.45. The predicted molar refractivity (Wildman–Crippen MR) is 116 cm³/mol. The van der Waals surface area contributed by atoms with Gasteiger partial charge in [-0.2, -0.15) is 4.98 Å². The Labute approximate surface area is 178 Å². The van der Waals surface area contributed by atoms with Gasteiger partial charge < -0.3 is 15.5 Å². The van der Waals surface area contributed by atoms with E-state index in [0.29, 0.717) is 34.6 Å². The van der Waals surface area contributed by atoms with Crippen LogP contribution in [0, 0.1) is 5.92 Å². The molecule has 10 heteroatoms. The molecule has 0 bridgehead atoms. The van der Waals surface area contributed by atoms with Crippen molar-refractivity contribution in [2.45, 2.75) is 58.0 Å². The van der Waals surface area contributed by atoms with Crippen molar-refractivity contribution in [1.82, 2.24) is 25.2 Å². The summed E-state index contributed by atoms with van der Waals surface area (Å²) in [6, 6.07) is 0.358. The molecule has 3 heterocycles. The molecular weight excluding hydrogens is 404 g/mol. The van der Waals surface area contributed by atoms with Crippen molar-refractivity contribution < 1.29 is 9.59 Å². The first-order chi connectivity index (χ1) is 14.5. The lowest BCUT2D eigenvalue weighted by Gasteiger charge is -2.31. The monoisotopic (exact) mass is 432 g/mol. The van der Waals surface area contributed by atoms with Crippen LogP contribution in [0.1, 0.15) is 45.4 Å². The van der Waals surface area contributed by atoms with Gasteiger partial charge in [-0.05, 0) is 32.1 Å². The zero-order valence-electron chi connectivity index (χ0n) is 17.2. The Hall–Kier alpha value is -2.49. The van der Waals surface area contributed by atoms with Gasteiger partial charge in [-0.15, -0.1) is 0 Å². The molecule has 2 aromatic heterocycles. The lowest BCUT2D eigenvalue weighted by Crippen LogP contribution is -2.43. The van der Waals surface area contributed by atoms with Crippen LogP contribution in [0.25, 0.3) is 10.3 Å². The largest absolute Gasteiger partial charge is 0.355 e. The van der Waals surface area contributed by atoms with Gasteiger partial charge in [-0.1, -0.05) is 24.7 Å². The van der Waals surface area contributed by atoms with Crippen molar-refractivity contribution >= 4 is 38.6 Å². The number of carbonyl (C=O) groups excluding carboxylic acids is 2. The number of rotatable bonds is 8. The Balaban J connectivity index is 1.46. The molecule has 9 nitrogen and oxygen atoms in total. The van der Waals surface area contributed by atoms with E-state index in [1.54, 1.807) is 0 Å². The number of thiazole rings is 1. The third-order valence-corrected chi connectivity index (χ3v) is 6.62. The molecule has 1 unspecified atom stereocenters. The van der Waals surface area contributed by atoms with E-state index < -0.39 is 0 Å². The Morgan fingerprint density at radius 1 is 1.30 bits per heavy atom. The summed E-state index contributed by atoms with van der Waals surface area (Å²) < 4.78 is 1.77. The van der Waals surface area contributed by atoms with E-state index in [1.807, 2.05) is 0 Å². The zero-order valence-corrected chi connectivity index (χ0v) is 18.0. The van der Waals surface area contributed by atoms with Gasteiger partial charge in [-0.3, -0.25) is 19.0 Å². The number of anilines is 1. The summed E-state index contributed by atoms with van der Waals surface area (Å²) >= 11 is 1.29. The van der Waals surface area contributed by atoms with Crippen LogP contribution < -0.4 is 21.1 Å². The molecule has 2 aliphatic rings. The maximum atomic E-state index is 12.8. The standard InChI is InChI=1S/C20H28N6O3S/c1-2-3-8-21-15(27)11-26-12-22-17-16(19(26)29)30-20(24-17)25-9-4-5-13(10-25)18(28)23-14-6-7-14/h12-14H,2-11H2,1H3,(H,21,27)(H,23,28). The highest BCUT2D eigenvalue weighted by Gasteiger charge is 2.31. The zero-order chi connectivity index (χ0) is 21.1. The van der Waals surface area contributed by atoms with E-state index in [-0.39, 0.29) is 29.8 Å². The van der Waals surface area contributed by atoms with Crippen molar-refractivity contribution in [3.8, 4) is 0 Å². The van der Waals surface area contributed by atoms with E-state index in [9.17, 15) is 14.4 Å². The Bertz CT molecular complexity index is 983. The molecule has 1 aliphatic heterocycles. The molecule has 1 saturated heterocycles. The fraction of sp³-hybridized carbons (Fsp3) is 0.650. The summed E-state index contributed by atoms with van der Waals surface area (Å²) in [6.45, 7) is 4.02. The summed E-state index contributed by atoms with van der Waals surface area (Å²) in [5.41, 5.74) is 0.140. The number of amides is 2. The number of hydrogen-bond donors (Lipinski definition) is 2. The molecule has 0 spiro atoms. The molecule has 4 rings (SSSR count). The molecule has 2 N–H and O–H groups in total. The Morgan fingerprint density at radius 2 is 2.13 bits per heavy atom. The van der Waals surface area contributed by atoms with Gasteiger partial charge in [-0.25, -0.2) is 4.98 Å². The first kappa shape index (κ1) is 20.8. The maximum Gasteiger partial charge on any atom is 0.273 e. The quantitative estimate of drug-likeness (QED) is 0.608. The van der Waals surface area contributed by atoms with E-state index in [4.69, 9.17) is 0 Å². The molecule has 2 fully saturated rings. The highest BCUT2D eigenvalue weighted by Crippen LogP contribution is 2.30. The van der Waals surface area contributed by atoms with Crippen LogP contribution >= 0.6 is 11.3 Å². The number of nitrogens with zero attached hydrogens (tertiary/aromatic N) is 4. The molecule has 0 aromatic carbocycles. The number of aromatic nitrogens is 3. The molecule has 0 radical (unpaired) electrons. The van der Waals surface area contributed by atoms with Crippen molar-refractivity contribution in [3.63, 3.8) is 0 Å². The molecule has 162 valence electrons. The highest BCUT2D eigenvalue weighted by atomic mass is 32.1. The van der Waals surface area contributed by atoms with Gasteiger partial charge in [0.1, 0.15) is 17.6 Å². The molecule has 1 atom stereocenters. The number of hydrogen-bond acceptors (Lipinski definition) is 7. The van der Waals surface area contributed by atoms with Crippen LogP contribution in [0.15, 0.2) is 11.1 Å². The number of fused-ring (bicyclic) bond motifs is 1. The van der Waals surface area contributed by atoms with Crippen LogP contribution in [-0.4, -0.2) is 52.0 Å². The van der Waals surface area contributed by atoms with Crippen molar-refractivity contribution in [2.75, 3.05) is 24.5 Å². The fourth-order valence-electron chi connectivity index (χ4n) is 3.61. The molecule has 2 aromatic rings. The van der Waals surface area contributed by atoms with E-state index in [2.05, 4.69) is 32.4 Å². The SMILES string of the molecule is CCCCNC(=O)Cn1cnc2nc(N3CCCC(C(=O)NC4CC4)C3)sc2c1=O. The van der Waals surface area contributed by atoms with Gasteiger partial charge in [0.15, 0.2) is 10.8 Å². The van der Waals surface area contributed by atoms with E-state index in [0.717, 1.165) is 45.1 Å². The highest BCUT2D eigenvalue weighted by molar-refractivity contribution is 7.22. The Kier molecular flexibility index (Phi) is 6.31. The summed E-state index contributed by atoms with van der Waals surface area (Å²) in [6.07, 6.45) is 7.23. The minimum absolute atomic E-state index is 0.0498. The van der Waals surface area contributed by atoms with Crippen LogP contribution in [0.3, 0.4) is 0 Å². The van der Waals surface area contributed by atoms with Crippen molar-refractivity contribution in [2.24, 2.45) is 5.92 Å². The van der Waals surface area contributed by atoms with Crippen LogP contribution in [0.5, 0.6) is 0 Å². The van der Waals surface area contributed by atoms with E-state index >= 15 is 0 Å². The topological polar surface area (TPSA) is 109 Å². The minimum atomic E-state index is -0.255. The third-order valence-electron chi connectivity index (χ3n) is 5.53. The summed E-state index contributed by atoms with van der Waals surface area (Å²) in [4.78, 5) is 48.2. The molecule has 1 aliphatic carbocycles. The van der Waals surface area contributed by atoms with Gasteiger partial charge in [0.2, 0.25) is 11.8 Å². The second-order valence-corrected chi connectivity index (χ2v) is 9.08. The van der Waals surface area contributed by atoms with Crippen molar-refractivity contribution in [3.05, 3.63) is 16.7 Å². The second-order valence-electron chi connectivity index (χ2n) is 8.10. The maximum absolute atomic E-state index is 12.8. The van der Waals surface area contributed by atoms with E-state index in [1.165, 1.54) is 22.2 Å². The number of piperidine rings is 1. The normalized spacial score (nSPS) is 19.1. The summed E-state index contributed by atoms with van der Waals surface area (Å²) in [7, 11) is 0. The molecular formula is C20H28N6O3S. The average molecular weight is 433 g/mol. The molecule has 30 heavy (non-hydrogen) atoms. The third kappa shape index (κ3) is 4.80. The van der Waals surface area contributed by atoms with Crippen LogP contribution in [-0.2, 0) is 16.1 Å². The number of carbonyl (C=O) groups is 2. The lowest BCUT2D eigenvalue weighted by molar-refractivity contribution is -0.125. The first-order valence-electron chi connectivity index (χ1n) is 10.7. The van der Waals surface area contributed by atoms with Crippen molar-refractivity contribution in [1.29, 1.82) is 0 Å².